The van der Waals surface area contributed by atoms with Gasteiger partial charge in [-0.2, -0.15) is 0 Å². The fraction of sp³-hybridized carbons (Fsp3) is 0.375. The largest absolute Gasteiger partial charge is 0.549 e. The van der Waals surface area contributed by atoms with E-state index in [1.54, 1.807) is 12.1 Å². The average Bonchev–Trinajstić information content (AvgIpc) is 3.00. The number of carbonyl (C=O) groups is 2. The van der Waals surface area contributed by atoms with Crippen LogP contribution in [-0.2, 0) is 4.79 Å². The minimum Gasteiger partial charge on any atom is -0.549 e. The molecule has 2 aromatic rings. The first kappa shape index (κ1) is 19.2. The summed E-state index contributed by atoms with van der Waals surface area (Å²) in [4.78, 5) is 23.1. The number of nitrogens with one attached hydrogen (secondary N) is 2. The number of benzene rings is 1. The van der Waals surface area contributed by atoms with Crippen LogP contribution in [0, 0.1) is 6.92 Å². The second-order valence-electron chi connectivity index (χ2n) is 5.39. The number of anilines is 2. The van der Waals surface area contributed by atoms with E-state index in [4.69, 9.17) is 0 Å². The Bertz CT molecular complexity index is 718. The SMILES string of the molecule is CCCC[C@@H](Sc1nnc(NC(=O)Nc2ccc(C)cc2)s1)C(=O)[O-]. The molecule has 0 radical (unpaired) electrons. The van der Waals surface area contributed by atoms with Gasteiger partial charge in [-0.1, -0.05) is 60.6 Å². The maximum atomic E-state index is 12.0. The Kier molecular flexibility index (Phi) is 7.20. The molecule has 2 N–H and O–H groups in total. The summed E-state index contributed by atoms with van der Waals surface area (Å²) in [5, 5.41) is 23.9. The van der Waals surface area contributed by atoms with Gasteiger partial charge in [0.2, 0.25) is 5.13 Å². The molecule has 1 heterocycles. The molecule has 0 aliphatic carbocycles. The van der Waals surface area contributed by atoms with Gasteiger partial charge >= 0.3 is 6.03 Å². The third kappa shape index (κ3) is 6.35. The van der Waals surface area contributed by atoms with Gasteiger partial charge in [0, 0.05) is 5.69 Å². The summed E-state index contributed by atoms with van der Waals surface area (Å²) in [6.45, 7) is 3.96. The van der Waals surface area contributed by atoms with Crippen LogP contribution in [0.25, 0.3) is 0 Å². The summed E-state index contributed by atoms with van der Waals surface area (Å²) in [6.07, 6.45) is 2.22. The molecule has 0 saturated heterocycles. The molecule has 1 aromatic carbocycles. The van der Waals surface area contributed by atoms with Gasteiger partial charge in [-0.15, -0.1) is 10.2 Å². The van der Waals surface area contributed by atoms with Crippen molar-refractivity contribution in [3.8, 4) is 0 Å². The highest BCUT2D eigenvalue weighted by atomic mass is 32.2. The predicted molar refractivity (Wildman–Crippen MR) is 97.9 cm³/mol. The van der Waals surface area contributed by atoms with E-state index in [-0.39, 0.29) is 0 Å². The quantitative estimate of drug-likeness (QED) is 0.539. The zero-order valence-corrected chi connectivity index (χ0v) is 15.6. The Morgan fingerprint density at radius 1 is 1.24 bits per heavy atom. The number of aliphatic carboxylic acids is 1. The Morgan fingerprint density at radius 2 is 1.96 bits per heavy atom. The lowest BCUT2D eigenvalue weighted by Crippen LogP contribution is -2.33. The molecule has 2 amide bonds. The van der Waals surface area contributed by atoms with Crippen LogP contribution in [0.15, 0.2) is 28.6 Å². The summed E-state index contributed by atoms with van der Waals surface area (Å²) in [6, 6.07) is 6.96. The number of nitrogens with zero attached hydrogens (tertiary/aromatic N) is 2. The number of thioether (sulfide) groups is 1. The van der Waals surface area contributed by atoms with Crippen LogP contribution in [-0.4, -0.2) is 27.4 Å². The molecular weight excluding hydrogens is 360 g/mol. The van der Waals surface area contributed by atoms with Crippen molar-refractivity contribution in [2.75, 3.05) is 10.6 Å². The highest BCUT2D eigenvalue weighted by molar-refractivity contribution is 8.02. The van der Waals surface area contributed by atoms with Crippen LogP contribution in [0.4, 0.5) is 15.6 Å². The average molecular weight is 379 g/mol. The third-order valence-electron chi connectivity index (χ3n) is 3.26. The second-order valence-corrected chi connectivity index (χ2v) is 7.81. The fourth-order valence-corrected chi connectivity index (χ4v) is 3.90. The van der Waals surface area contributed by atoms with E-state index in [2.05, 4.69) is 20.8 Å². The third-order valence-corrected chi connectivity index (χ3v) is 5.43. The van der Waals surface area contributed by atoms with Gasteiger partial charge in [-0.3, -0.25) is 5.32 Å². The lowest BCUT2D eigenvalue weighted by Gasteiger charge is -2.14. The fourth-order valence-electron chi connectivity index (χ4n) is 1.94. The first-order valence-corrected chi connectivity index (χ1v) is 9.53. The van der Waals surface area contributed by atoms with Crippen molar-refractivity contribution in [2.45, 2.75) is 42.7 Å². The van der Waals surface area contributed by atoms with Gasteiger partial charge in [-0.05, 0) is 25.5 Å². The topological polar surface area (TPSA) is 107 Å². The monoisotopic (exact) mass is 379 g/mol. The molecule has 7 nitrogen and oxygen atoms in total. The smallest absolute Gasteiger partial charge is 0.325 e. The van der Waals surface area contributed by atoms with Crippen molar-refractivity contribution < 1.29 is 14.7 Å². The molecule has 0 aliphatic heterocycles. The zero-order valence-electron chi connectivity index (χ0n) is 13.9. The van der Waals surface area contributed by atoms with Crippen molar-refractivity contribution in [3.05, 3.63) is 29.8 Å². The maximum absolute atomic E-state index is 12.0. The van der Waals surface area contributed by atoms with E-state index in [9.17, 15) is 14.7 Å². The van der Waals surface area contributed by atoms with Gasteiger partial charge in [0.1, 0.15) is 0 Å². The van der Waals surface area contributed by atoms with Gasteiger partial charge < -0.3 is 15.2 Å². The Morgan fingerprint density at radius 3 is 2.60 bits per heavy atom. The second kappa shape index (κ2) is 9.38. The molecule has 0 saturated carbocycles. The van der Waals surface area contributed by atoms with E-state index in [0.717, 1.165) is 41.5 Å². The molecule has 0 unspecified atom stereocenters. The number of hydrogen-bond donors (Lipinski definition) is 2. The molecule has 1 aromatic heterocycles. The Labute approximate surface area is 154 Å². The number of aromatic nitrogens is 2. The number of urea groups is 1. The lowest BCUT2D eigenvalue weighted by molar-refractivity contribution is -0.304. The van der Waals surface area contributed by atoms with Crippen LogP contribution in [0.5, 0.6) is 0 Å². The number of unbranched alkanes of at least 4 members (excludes halogenated alkanes) is 1. The molecular formula is C16H19N4O3S2-. The summed E-state index contributed by atoms with van der Waals surface area (Å²) < 4.78 is 0.482. The Balaban J connectivity index is 1.90. The van der Waals surface area contributed by atoms with E-state index >= 15 is 0 Å². The van der Waals surface area contributed by atoms with Crippen molar-refractivity contribution >= 4 is 45.9 Å². The van der Waals surface area contributed by atoms with E-state index < -0.39 is 17.3 Å². The summed E-state index contributed by atoms with van der Waals surface area (Å²) in [7, 11) is 0. The molecule has 0 fully saturated rings. The van der Waals surface area contributed by atoms with Crippen molar-refractivity contribution in [2.24, 2.45) is 0 Å². The van der Waals surface area contributed by atoms with Crippen LogP contribution in [0.3, 0.4) is 0 Å². The highest BCUT2D eigenvalue weighted by Gasteiger charge is 2.16. The molecule has 9 heteroatoms. The maximum Gasteiger partial charge on any atom is 0.325 e. The molecule has 134 valence electrons. The Hall–Kier alpha value is -2.13. The minimum absolute atomic E-state index is 0.305. The first-order valence-electron chi connectivity index (χ1n) is 7.83. The molecule has 25 heavy (non-hydrogen) atoms. The van der Waals surface area contributed by atoms with Crippen molar-refractivity contribution in [1.29, 1.82) is 0 Å². The standard InChI is InChI=1S/C16H20N4O3S2/c1-3-4-5-12(13(21)22)24-16-20-19-15(25-16)18-14(23)17-11-8-6-10(2)7-9-11/h6-9,12H,3-5H2,1-2H3,(H,21,22)(H2,17,18,19,23)/p-1/t12-/m1/s1. The number of amides is 2. The van der Waals surface area contributed by atoms with Gasteiger partial charge in [0.15, 0.2) is 4.34 Å². The van der Waals surface area contributed by atoms with Crippen LogP contribution < -0.4 is 15.7 Å². The van der Waals surface area contributed by atoms with E-state index in [1.807, 2.05) is 26.0 Å². The summed E-state index contributed by atoms with van der Waals surface area (Å²) in [5.74, 6) is -1.11. The summed E-state index contributed by atoms with van der Waals surface area (Å²) in [5.41, 5.74) is 1.76. The number of carbonyl (C=O) groups excluding carboxylic acids is 2. The minimum atomic E-state index is -1.11. The number of carboxylic acid groups (broad SMARTS) is 1. The number of hydrogen-bond acceptors (Lipinski definition) is 7. The van der Waals surface area contributed by atoms with E-state index in [1.165, 1.54) is 0 Å². The number of aryl methyl sites for hydroxylation is 1. The predicted octanol–water partition coefficient (Wildman–Crippen LogP) is 2.89. The molecule has 0 spiro atoms. The van der Waals surface area contributed by atoms with Gasteiger partial charge in [-0.25, -0.2) is 4.79 Å². The van der Waals surface area contributed by atoms with Crippen LogP contribution in [0.1, 0.15) is 31.7 Å². The summed E-state index contributed by atoms with van der Waals surface area (Å²) >= 11 is 2.23. The van der Waals surface area contributed by atoms with Crippen LogP contribution in [0.2, 0.25) is 0 Å². The normalized spacial score (nSPS) is 11.8. The molecule has 0 bridgehead atoms. The number of carboxylic acids is 1. The van der Waals surface area contributed by atoms with Crippen molar-refractivity contribution in [3.63, 3.8) is 0 Å². The molecule has 2 rings (SSSR count). The highest BCUT2D eigenvalue weighted by Crippen LogP contribution is 2.31. The van der Waals surface area contributed by atoms with Crippen LogP contribution >= 0.6 is 23.1 Å². The molecule has 1 atom stereocenters. The van der Waals surface area contributed by atoms with Gasteiger partial charge in [0.25, 0.3) is 0 Å². The first-order chi connectivity index (χ1) is 12.0. The number of rotatable bonds is 8. The van der Waals surface area contributed by atoms with E-state index in [0.29, 0.717) is 21.6 Å². The van der Waals surface area contributed by atoms with Crippen molar-refractivity contribution in [1.82, 2.24) is 10.2 Å². The lowest BCUT2D eigenvalue weighted by atomic mass is 10.2. The molecule has 0 aliphatic rings. The van der Waals surface area contributed by atoms with Gasteiger partial charge in [0.05, 0.1) is 11.2 Å². The zero-order chi connectivity index (χ0) is 18.2.